The molecule has 0 heterocycles. The smallest absolute Gasteiger partial charge is 0.430 e. The van der Waals surface area contributed by atoms with Crippen molar-refractivity contribution in [3.63, 3.8) is 0 Å². The number of halogens is 6. The number of hydrogen-bond acceptors (Lipinski definition) is 6. The third-order valence-corrected chi connectivity index (χ3v) is 7.80. The Hall–Kier alpha value is -4.71. The van der Waals surface area contributed by atoms with E-state index in [1.54, 1.807) is 24.3 Å². The van der Waals surface area contributed by atoms with Gasteiger partial charge in [-0.15, -0.1) is 0 Å². The van der Waals surface area contributed by atoms with Crippen molar-refractivity contribution in [3.05, 3.63) is 125 Å². The maximum Gasteiger partial charge on any atom is 0.430 e. The van der Waals surface area contributed by atoms with Crippen molar-refractivity contribution >= 4 is 5.97 Å². The minimum Gasteiger partial charge on any atom is -0.497 e. The van der Waals surface area contributed by atoms with Crippen LogP contribution in [0.3, 0.4) is 0 Å². The lowest BCUT2D eigenvalue weighted by Crippen LogP contribution is -2.55. The van der Waals surface area contributed by atoms with Crippen LogP contribution < -0.4 is 14.2 Å². The molecule has 0 N–H and O–H groups in total. The van der Waals surface area contributed by atoms with Crippen LogP contribution in [-0.2, 0) is 39.3 Å². The Morgan fingerprint density at radius 1 is 0.735 bits per heavy atom. The van der Waals surface area contributed by atoms with Crippen LogP contribution in [0.25, 0.3) is 0 Å². The van der Waals surface area contributed by atoms with Gasteiger partial charge in [0.1, 0.15) is 30.0 Å². The first kappa shape index (κ1) is 37.1. The zero-order valence-electron chi connectivity index (χ0n) is 27.1. The molecule has 0 aliphatic carbocycles. The van der Waals surface area contributed by atoms with Crippen LogP contribution >= 0.6 is 0 Å². The summed E-state index contributed by atoms with van der Waals surface area (Å²) in [4.78, 5) is 11.4. The van der Waals surface area contributed by atoms with Crippen molar-refractivity contribution in [2.45, 2.75) is 56.9 Å². The molecule has 0 saturated carbocycles. The van der Waals surface area contributed by atoms with Crippen LogP contribution in [0.5, 0.6) is 17.2 Å². The highest BCUT2D eigenvalue weighted by Gasteiger charge is 2.73. The number of carbonyl (C=O) groups is 1. The molecule has 0 bridgehead atoms. The lowest BCUT2D eigenvalue weighted by molar-refractivity contribution is -0.392. The van der Waals surface area contributed by atoms with Gasteiger partial charge in [0.15, 0.2) is 0 Å². The fraction of sp³-hybridized carbons (Fsp3) is 0.324. The SMILES string of the molecule is COC(=O)CCc1ccc(OC[C@@H](Cc2ccccc2)Oc2ccc(C(OCc3ccc(OC)cc3)(C(F)(F)F)C(F)(F)F)cc2C)cc1. The van der Waals surface area contributed by atoms with E-state index >= 15 is 0 Å². The molecule has 262 valence electrons. The van der Waals surface area contributed by atoms with Crippen molar-refractivity contribution in [3.8, 4) is 17.2 Å². The highest BCUT2D eigenvalue weighted by atomic mass is 19.4. The van der Waals surface area contributed by atoms with E-state index in [9.17, 15) is 31.1 Å². The van der Waals surface area contributed by atoms with Gasteiger partial charge in [-0.1, -0.05) is 60.7 Å². The highest BCUT2D eigenvalue weighted by Crippen LogP contribution is 2.54. The van der Waals surface area contributed by atoms with Crippen LogP contribution in [0.15, 0.2) is 97.1 Å². The number of alkyl halides is 6. The van der Waals surface area contributed by atoms with Gasteiger partial charge in [-0.05, 0) is 72.0 Å². The second-order valence-corrected chi connectivity index (χ2v) is 11.3. The number of ether oxygens (including phenoxy) is 5. The molecule has 0 saturated heterocycles. The standard InChI is InChI=1S/C37H36F6O6/c1-25-21-29(35(36(38,39)40,37(41,42)43)48-23-28-11-15-30(45-2)16-12-28)14-19-33(25)49-32(22-27-7-5-4-6-8-27)24-47-31-17-9-26(10-18-31)13-20-34(44)46-3/h4-12,14-19,21,32H,13,20,22-24H2,1-3H3/t32-/m1/s1. The molecule has 6 nitrogen and oxygen atoms in total. The summed E-state index contributed by atoms with van der Waals surface area (Å²) >= 11 is 0. The van der Waals surface area contributed by atoms with Crippen molar-refractivity contribution < 1.29 is 54.8 Å². The largest absolute Gasteiger partial charge is 0.497 e. The molecule has 4 aromatic carbocycles. The number of benzene rings is 4. The van der Waals surface area contributed by atoms with E-state index in [2.05, 4.69) is 4.74 Å². The molecule has 0 fully saturated rings. The summed E-state index contributed by atoms with van der Waals surface area (Å²) in [5, 5.41) is 0. The van der Waals surface area contributed by atoms with E-state index in [1.807, 2.05) is 30.3 Å². The molecule has 49 heavy (non-hydrogen) atoms. The molecule has 4 rings (SSSR count). The van der Waals surface area contributed by atoms with E-state index in [-0.39, 0.29) is 35.9 Å². The first-order chi connectivity index (χ1) is 23.3. The summed E-state index contributed by atoms with van der Waals surface area (Å²) < 4.78 is 114. The Balaban J connectivity index is 1.57. The fourth-order valence-electron chi connectivity index (χ4n) is 5.13. The van der Waals surface area contributed by atoms with Crippen LogP contribution in [0.1, 0.15) is 34.2 Å². The predicted octanol–water partition coefficient (Wildman–Crippen LogP) is 8.72. The highest BCUT2D eigenvalue weighted by molar-refractivity contribution is 5.69. The Bertz CT molecular complexity index is 1620. The molecular formula is C37H36F6O6. The topological polar surface area (TPSA) is 63.2 Å². The van der Waals surface area contributed by atoms with Crippen LogP contribution in [-0.4, -0.2) is 45.3 Å². The van der Waals surface area contributed by atoms with Gasteiger partial charge < -0.3 is 23.7 Å². The van der Waals surface area contributed by atoms with E-state index in [1.165, 1.54) is 45.4 Å². The molecule has 0 spiro atoms. The number of rotatable bonds is 15. The average Bonchev–Trinajstić information content (AvgIpc) is 3.07. The third kappa shape index (κ3) is 9.47. The quantitative estimate of drug-likeness (QED) is 0.0919. The van der Waals surface area contributed by atoms with E-state index in [0.29, 0.717) is 24.3 Å². The van der Waals surface area contributed by atoms with E-state index in [4.69, 9.17) is 18.9 Å². The Morgan fingerprint density at radius 3 is 1.92 bits per heavy atom. The monoisotopic (exact) mass is 690 g/mol. The molecule has 1 atom stereocenters. The summed E-state index contributed by atoms with van der Waals surface area (Å²) in [7, 11) is 2.70. The molecule has 0 aromatic heterocycles. The number of carbonyl (C=O) groups excluding carboxylic acids is 1. The summed E-state index contributed by atoms with van der Waals surface area (Å²) in [6.45, 7) is 0.411. The summed E-state index contributed by atoms with van der Waals surface area (Å²) in [6.07, 6.45) is -11.3. The second kappa shape index (κ2) is 16.1. The first-order valence-electron chi connectivity index (χ1n) is 15.3. The van der Waals surface area contributed by atoms with Gasteiger partial charge in [-0.2, -0.15) is 26.3 Å². The summed E-state index contributed by atoms with van der Waals surface area (Å²) in [6, 6.07) is 24.4. The van der Waals surface area contributed by atoms with Crippen LogP contribution in [0.2, 0.25) is 0 Å². The van der Waals surface area contributed by atoms with Gasteiger partial charge in [0.2, 0.25) is 0 Å². The minimum atomic E-state index is -5.86. The maximum atomic E-state index is 14.5. The zero-order valence-corrected chi connectivity index (χ0v) is 27.1. The fourth-order valence-corrected chi connectivity index (χ4v) is 5.13. The molecule has 12 heteroatoms. The predicted molar refractivity (Wildman–Crippen MR) is 170 cm³/mol. The van der Waals surface area contributed by atoms with E-state index < -0.39 is 36.2 Å². The lowest BCUT2D eigenvalue weighted by atomic mass is 9.90. The van der Waals surface area contributed by atoms with E-state index in [0.717, 1.165) is 29.3 Å². The van der Waals surface area contributed by atoms with Crippen LogP contribution in [0, 0.1) is 6.92 Å². The zero-order chi connectivity index (χ0) is 35.7. The Labute approximate surface area is 280 Å². The second-order valence-electron chi connectivity index (χ2n) is 11.3. The minimum absolute atomic E-state index is 0.0115. The number of esters is 1. The van der Waals surface area contributed by atoms with Gasteiger partial charge in [-0.25, -0.2) is 0 Å². The molecule has 0 unspecified atom stereocenters. The number of aryl methyl sites for hydroxylation is 2. The van der Waals surface area contributed by atoms with Crippen molar-refractivity contribution in [1.29, 1.82) is 0 Å². The molecule has 0 radical (unpaired) electrons. The van der Waals surface area contributed by atoms with Crippen LogP contribution in [0.4, 0.5) is 26.3 Å². The summed E-state index contributed by atoms with van der Waals surface area (Å²) in [5.74, 6) is 0.645. The van der Waals surface area contributed by atoms with Crippen molar-refractivity contribution in [2.75, 3.05) is 20.8 Å². The molecule has 0 amide bonds. The first-order valence-corrected chi connectivity index (χ1v) is 15.3. The Morgan fingerprint density at radius 2 is 1.35 bits per heavy atom. The average molecular weight is 691 g/mol. The van der Waals surface area contributed by atoms with Gasteiger partial charge in [-0.3, -0.25) is 4.79 Å². The van der Waals surface area contributed by atoms with Gasteiger partial charge in [0, 0.05) is 18.4 Å². The third-order valence-electron chi connectivity index (χ3n) is 7.80. The van der Waals surface area contributed by atoms with Crippen molar-refractivity contribution in [1.82, 2.24) is 0 Å². The summed E-state index contributed by atoms with van der Waals surface area (Å²) in [5.41, 5.74) is -3.84. The molecule has 0 aliphatic heterocycles. The number of hydrogen-bond donors (Lipinski definition) is 0. The van der Waals surface area contributed by atoms with Gasteiger partial charge >= 0.3 is 18.3 Å². The molecule has 4 aromatic rings. The van der Waals surface area contributed by atoms with Crippen molar-refractivity contribution in [2.24, 2.45) is 0 Å². The Kier molecular flexibility index (Phi) is 12.2. The van der Waals surface area contributed by atoms with Gasteiger partial charge in [0.25, 0.3) is 5.60 Å². The molecule has 0 aliphatic rings. The molecular weight excluding hydrogens is 654 g/mol. The van der Waals surface area contributed by atoms with Gasteiger partial charge in [0.05, 0.1) is 20.8 Å². The maximum absolute atomic E-state index is 14.5. The lowest BCUT2D eigenvalue weighted by Gasteiger charge is -2.37. The number of methoxy groups -OCH3 is 2. The normalized spacial score (nSPS) is 12.7.